The fourth-order valence-corrected chi connectivity index (χ4v) is 2.30. The highest BCUT2D eigenvalue weighted by molar-refractivity contribution is 6.18. The molecule has 1 N–H and O–H groups in total. The minimum atomic E-state index is 0.301. The Kier molecular flexibility index (Phi) is 7.28. The number of hydrogen-bond donors (Lipinski definition) is 1. The van der Waals surface area contributed by atoms with Crippen LogP contribution in [0.4, 0.5) is 0 Å². The van der Waals surface area contributed by atoms with Crippen LogP contribution in [0.5, 0.6) is 0 Å². The Morgan fingerprint density at radius 1 is 1.47 bits per heavy atom. The molecule has 0 spiro atoms. The van der Waals surface area contributed by atoms with Crippen molar-refractivity contribution in [2.75, 3.05) is 38.7 Å². The van der Waals surface area contributed by atoms with Crippen LogP contribution in [0.15, 0.2) is 21.3 Å². The highest BCUT2D eigenvalue weighted by atomic mass is 35.5. The van der Waals surface area contributed by atoms with Crippen LogP contribution in [-0.2, 0) is 0 Å². The number of aliphatic imine (C=N–C) groups is 2. The molecule has 0 fully saturated rings. The van der Waals surface area contributed by atoms with Gasteiger partial charge in [-0.3, -0.25) is 14.9 Å². The van der Waals surface area contributed by atoms with Gasteiger partial charge in [-0.25, -0.2) is 0 Å². The van der Waals surface area contributed by atoms with E-state index in [-0.39, 0.29) is 0 Å². The van der Waals surface area contributed by atoms with Crippen molar-refractivity contribution >= 4 is 24.0 Å². The Bertz CT molecular complexity index is 360. The normalized spacial score (nSPS) is 17.6. The topological polar surface area (TPSA) is 40.0 Å². The zero-order valence-corrected chi connectivity index (χ0v) is 13.0. The smallest absolute Gasteiger partial charge is 0.113 e. The second kappa shape index (κ2) is 8.46. The zero-order chi connectivity index (χ0) is 14.3. The van der Waals surface area contributed by atoms with E-state index in [2.05, 4.69) is 40.8 Å². The predicted octanol–water partition coefficient (Wildman–Crippen LogP) is 2.16. The monoisotopic (exact) mass is 284 g/mol. The third-order valence-corrected chi connectivity index (χ3v) is 3.30. The van der Waals surface area contributed by atoms with E-state index in [1.807, 2.05) is 6.92 Å². The van der Waals surface area contributed by atoms with Crippen LogP contribution in [0.25, 0.3) is 0 Å². The number of halogens is 1. The van der Waals surface area contributed by atoms with Crippen LogP contribution in [0, 0.1) is 5.92 Å². The molecule has 0 aromatic carbocycles. The number of hydrogen-bond acceptors (Lipinski definition) is 4. The van der Waals surface area contributed by atoms with Gasteiger partial charge in [0.15, 0.2) is 0 Å². The lowest BCUT2D eigenvalue weighted by Gasteiger charge is -2.16. The number of rotatable bonds is 8. The molecule has 1 aliphatic heterocycles. The van der Waals surface area contributed by atoms with Crippen molar-refractivity contribution in [1.82, 2.24) is 10.2 Å². The Balaban J connectivity index is 2.44. The molecule has 108 valence electrons. The van der Waals surface area contributed by atoms with Crippen molar-refractivity contribution in [2.45, 2.75) is 20.8 Å². The average molecular weight is 285 g/mol. The molecule has 1 rings (SSSR count). The molecule has 0 radical (unpaired) electrons. The Labute approximate surface area is 121 Å². The SMILES string of the molecule is C=NC1=C(/C(C)=N\CCl)CN(CCNCC(C)C)C1. The van der Waals surface area contributed by atoms with Gasteiger partial charge in [-0.1, -0.05) is 13.8 Å². The molecule has 0 saturated heterocycles. The first-order valence-electron chi connectivity index (χ1n) is 6.77. The average Bonchev–Trinajstić information content (AvgIpc) is 2.78. The van der Waals surface area contributed by atoms with E-state index in [1.54, 1.807) is 0 Å². The maximum absolute atomic E-state index is 5.65. The van der Waals surface area contributed by atoms with Gasteiger partial charge in [0.25, 0.3) is 0 Å². The summed E-state index contributed by atoms with van der Waals surface area (Å²) in [7, 11) is 0. The highest BCUT2D eigenvalue weighted by Crippen LogP contribution is 2.19. The first-order valence-corrected chi connectivity index (χ1v) is 7.31. The van der Waals surface area contributed by atoms with Gasteiger partial charge in [-0.15, -0.1) is 11.6 Å². The molecule has 0 aromatic rings. The third kappa shape index (κ3) is 5.43. The summed E-state index contributed by atoms with van der Waals surface area (Å²) in [5.74, 6) is 0.691. The van der Waals surface area contributed by atoms with E-state index >= 15 is 0 Å². The van der Waals surface area contributed by atoms with Crippen LogP contribution in [0.2, 0.25) is 0 Å². The zero-order valence-electron chi connectivity index (χ0n) is 12.2. The lowest BCUT2D eigenvalue weighted by atomic mass is 10.1. The van der Waals surface area contributed by atoms with Gasteiger partial charge in [-0.2, -0.15) is 0 Å². The summed E-state index contributed by atoms with van der Waals surface area (Å²) in [5, 5.41) is 3.46. The van der Waals surface area contributed by atoms with Crippen molar-refractivity contribution in [3.8, 4) is 0 Å². The van der Waals surface area contributed by atoms with Crippen molar-refractivity contribution in [1.29, 1.82) is 0 Å². The molecule has 0 saturated carbocycles. The lowest BCUT2D eigenvalue weighted by Crippen LogP contribution is -2.32. The second-order valence-corrected chi connectivity index (χ2v) is 5.49. The van der Waals surface area contributed by atoms with Gasteiger partial charge < -0.3 is 5.32 Å². The molecule has 19 heavy (non-hydrogen) atoms. The molecule has 4 nitrogen and oxygen atoms in total. The summed E-state index contributed by atoms with van der Waals surface area (Å²) in [6.07, 6.45) is 0. The van der Waals surface area contributed by atoms with Crippen LogP contribution in [0.3, 0.4) is 0 Å². The second-order valence-electron chi connectivity index (χ2n) is 5.26. The van der Waals surface area contributed by atoms with E-state index in [0.29, 0.717) is 11.9 Å². The van der Waals surface area contributed by atoms with E-state index in [1.165, 1.54) is 5.57 Å². The lowest BCUT2D eigenvalue weighted by molar-refractivity contribution is 0.339. The summed E-state index contributed by atoms with van der Waals surface area (Å²) in [6.45, 7) is 14.9. The van der Waals surface area contributed by atoms with Gasteiger partial charge in [0.05, 0.1) is 5.70 Å². The van der Waals surface area contributed by atoms with Gasteiger partial charge in [-0.05, 0) is 26.1 Å². The first kappa shape index (κ1) is 16.3. The Morgan fingerprint density at radius 2 is 2.21 bits per heavy atom. The van der Waals surface area contributed by atoms with Crippen molar-refractivity contribution in [2.24, 2.45) is 15.9 Å². The van der Waals surface area contributed by atoms with Crippen LogP contribution in [0.1, 0.15) is 20.8 Å². The minimum Gasteiger partial charge on any atom is -0.315 e. The van der Waals surface area contributed by atoms with E-state index in [0.717, 1.165) is 44.1 Å². The molecule has 0 unspecified atom stereocenters. The maximum atomic E-state index is 5.65. The molecule has 0 amide bonds. The number of nitrogens with one attached hydrogen (secondary N) is 1. The van der Waals surface area contributed by atoms with Gasteiger partial charge >= 0.3 is 0 Å². The van der Waals surface area contributed by atoms with Crippen molar-refractivity contribution in [3.63, 3.8) is 0 Å². The quantitative estimate of drug-likeness (QED) is 0.321. The minimum absolute atomic E-state index is 0.301. The molecular formula is C14H25ClN4. The molecule has 0 atom stereocenters. The summed E-state index contributed by atoms with van der Waals surface area (Å²) in [6, 6.07) is 0.301. The van der Waals surface area contributed by atoms with Gasteiger partial charge in [0.1, 0.15) is 6.00 Å². The molecule has 0 bridgehead atoms. The molecule has 0 aliphatic carbocycles. The third-order valence-electron chi connectivity index (χ3n) is 3.19. The van der Waals surface area contributed by atoms with Gasteiger partial charge in [0, 0.05) is 37.5 Å². The van der Waals surface area contributed by atoms with Crippen LogP contribution in [-0.4, -0.2) is 56.1 Å². The molecule has 0 aromatic heterocycles. The van der Waals surface area contributed by atoms with E-state index in [9.17, 15) is 0 Å². The maximum Gasteiger partial charge on any atom is 0.113 e. The summed E-state index contributed by atoms with van der Waals surface area (Å²) >= 11 is 5.65. The highest BCUT2D eigenvalue weighted by Gasteiger charge is 2.22. The van der Waals surface area contributed by atoms with Crippen molar-refractivity contribution in [3.05, 3.63) is 11.3 Å². The molecular weight excluding hydrogens is 260 g/mol. The van der Waals surface area contributed by atoms with E-state index in [4.69, 9.17) is 11.6 Å². The fraction of sp³-hybridized carbons (Fsp3) is 0.714. The summed E-state index contributed by atoms with van der Waals surface area (Å²) < 4.78 is 0. The molecule has 1 heterocycles. The Morgan fingerprint density at radius 3 is 2.79 bits per heavy atom. The summed E-state index contributed by atoms with van der Waals surface area (Å²) in [5.41, 5.74) is 3.20. The standard InChI is InChI=1S/C14H25ClN4/c1-11(2)7-17-5-6-19-8-13(12(3)18-10-15)14(9-19)16-4/h11,17H,4-10H2,1-3H3/b18-12-. The molecule has 1 aliphatic rings. The van der Waals surface area contributed by atoms with E-state index < -0.39 is 0 Å². The largest absolute Gasteiger partial charge is 0.315 e. The number of alkyl halides is 1. The summed E-state index contributed by atoms with van der Waals surface area (Å²) in [4.78, 5) is 10.7. The Hall–Kier alpha value is -0.710. The first-order chi connectivity index (χ1) is 9.08. The number of nitrogens with zero attached hydrogens (tertiary/aromatic N) is 3. The predicted molar refractivity (Wildman–Crippen MR) is 84.6 cm³/mol. The van der Waals surface area contributed by atoms with Crippen molar-refractivity contribution < 1.29 is 0 Å². The fourth-order valence-electron chi connectivity index (χ4n) is 2.12. The van der Waals surface area contributed by atoms with Crippen LogP contribution < -0.4 is 5.32 Å². The van der Waals surface area contributed by atoms with Crippen LogP contribution >= 0.6 is 11.6 Å². The molecule has 5 heteroatoms. The van der Waals surface area contributed by atoms with Gasteiger partial charge in [0.2, 0.25) is 0 Å².